The number of ether oxygens (including phenoxy) is 1. The van der Waals surface area contributed by atoms with E-state index in [4.69, 9.17) is 4.74 Å². The molecule has 1 fully saturated rings. The number of β-amino-alcohol motifs (C(OH)–C–C–N with tert-alkyl or cyclic N) is 1. The minimum atomic E-state index is -4.92. The second-order valence-corrected chi connectivity index (χ2v) is 6.56. The summed E-state index contributed by atoms with van der Waals surface area (Å²) in [5, 5.41) is 10.0. The zero-order chi connectivity index (χ0) is 24.4. The predicted molar refractivity (Wildman–Crippen MR) is 106 cm³/mol. The normalized spacial score (nSPS) is 15.7. The van der Waals surface area contributed by atoms with Gasteiger partial charge in [0.15, 0.2) is 0 Å². The van der Waals surface area contributed by atoms with Gasteiger partial charge in [0.1, 0.15) is 5.82 Å². The maximum absolute atomic E-state index is 12.8. The molecule has 1 heterocycles. The summed E-state index contributed by atoms with van der Waals surface area (Å²) in [6.07, 6.45) is -11.3. The van der Waals surface area contributed by atoms with E-state index >= 15 is 0 Å². The SMILES string of the molecule is CC.Fc1ccccc1.OC(CN1CCOCC1)c1cc(C(F)(F)F)cc(C(F)(F)F)c1. The molecular formula is C22H26F7NO2. The summed E-state index contributed by atoms with van der Waals surface area (Å²) in [5.41, 5.74) is -3.26. The van der Waals surface area contributed by atoms with Gasteiger partial charge in [0.2, 0.25) is 0 Å². The topological polar surface area (TPSA) is 32.7 Å². The van der Waals surface area contributed by atoms with Crippen molar-refractivity contribution in [1.29, 1.82) is 0 Å². The van der Waals surface area contributed by atoms with Gasteiger partial charge in [-0.2, -0.15) is 26.3 Å². The third kappa shape index (κ3) is 9.54. The van der Waals surface area contributed by atoms with Crippen LogP contribution in [0.5, 0.6) is 0 Å². The third-order valence-corrected chi connectivity index (χ3v) is 4.26. The molecule has 1 atom stereocenters. The summed E-state index contributed by atoms with van der Waals surface area (Å²) >= 11 is 0. The zero-order valence-corrected chi connectivity index (χ0v) is 17.7. The summed E-state index contributed by atoms with van der Waals surface area (Å²) in [7, 11) is 0. The second kappa shape index (κ2) is 12.8. The van der Waals surface area contributed by atoms with E-state index in [1.54, 1.807) is 23.1 Å². The van der Waals surface area contributed by atoms with Crippen LogP contribution in [0.1, 0.15) is 36.6 Å². The Hall–Kier alpha value is -2.17. The van der Waals surface area contributed by atoms with Crippen LogP contribution in [0.25, 0.3) is 0 Å². The highest BCUT2D eigenvalue weighted by Gasteiger charge is 2.37. The highest BCUT2D eigenvalue weighted by molar-refractivity contribution is 5.35. The molecule has 3 rings (SSSR count). The van der Waals surface area contributed by atoms with Gasteiger partial charge in [-0.05, 0) is 35.9 Å². The molecule has 0 spiro atoms. The lowest BCUT2D eigenvalue weighted by atomic mass is 10.0. The summed E-state index contributed by atoms with van der Waals surface area (Å²) in [4.78, 5) is 1.72. The fourth-order valence-corrected chi connectivity index (χ4v) is 2.72. The van der Waals surface area contributed by atoms with Crippen LogP contribution in [-0.2, 0) is 17.1 Å². The Bertz CT molecular complexity index is 757. The number of alkyl halides is 6. The van der Waals surface area contributed by atoms with Crippen LogP contribution in [-0.4, -0.2) is 42.9 Å². The number of benzene rings is 2. The van der Waals surface area contributed by atoms with Gasteiger partial charge < -0.3 is 9.84 Å². The average Bonchev–Trinajstić information content (AvgIpc) is 2.75. The van der Waals surface area contributed by atoms with Gasteiger partial charge in [-0.25, -0.2) is 4.39 Å². The Kier molecular flexibility index (Phi) is 11.1. The standard InChI is InChI=1S/C14H15F6NO2.C6H5F.C2H6/c15-13(16,17)10-5-9(6-11(7-10)14(18,19)20)12(22)8-21-1-3-23-4-2-21;7-6-4-2-1-3-5-6;1-2/h5-7,12,22H,1-4,8H2;1-5H;1-2H3. The number of aliphatic hydroxyl groups excluding tert-OH is 1. The zero-order valence-electron chi connectivity index (χ0n) is 17.7. The molecule has 1 N–H and O–H groups in total. The van der Waals surface area contributed by atoms with Crippen molar-refractivity contribution in [2.75, 3.05) is 32.8 Å². The highest BCUT2D eigenvalue weighted by Crippen LogP contribution is 2.37. The molecule has 1 aliphatic rings. The molecular weight excluding hydrogens is 443 g/mol. The summed E-state index contributed by atoms with van der Waals surface area (Å²) < 4.78 is 93.7. The van der Waals surface area contributed by atoms with E-state index in [-0.39, 0.29) is 18.4 Å². The van der Waals surface area contributed by atoms with Gasteiger partial charge in [-0.3, -0.25) is 4.90 Å². The minimum absolute atomic E-state index is 0.0466. The molecule has 180 valence electrons. The number of morpholine rings is 1. The molecule has 2 aromatic carbocycles. The molecule has 3 nitrogen and oxygen atoms in total. The van der Waals surface area contributed by atoms with Crippen molar-refractivity contribution in [2.45, 2.75) is 32.3 Å². The first-order chi connectivity index (χ1) is 15.0. The van der Waals surface area contributed by atoms with E-state index in [1.165, 1.54) is 12.1 Å². The molecule has 0 amide bonds. The summed E-state index contributed by atoms with van der Waals surface area (Å²) in [6, 6.07) is 9.10. The molecule has 1 saturated heterocycles. The number of nitrogens with zero attached hydrogens (tertiary/aromatic N) is 1. The Morgan fingerprint density at radius 3 is 1.72 bits per heavy atom. The van der Waals surface area contributed by atoms with Crippen LogP contribution in [0.15, 0.2) is 48.5 Å². The molecule has 0 aliphatic carbocycles. The molecule has 1 aliphatic heterocycles. The van der Waals surface area contributed by atoms with E-state index in [2.05, 4.69) is 0 Å². The third-order valence-electron chi connectivity index (χ3n) is 4.26. The number of aliphatic hydroxyl groups is 1. The average molecular weight is 469 g/mol. The first-order valence-electron chi connectivity index (χ1n) is 9.95. The smallest absolute Gasteiger partial charge is 0.387 e. The molecule has 0 aromatic heterocycles. The molecule has 2 aromatic rings. The largest absolute Gasteiger partial charge is 0.416 e. The van der Waals surface area contributed by atoms with Crippen molar-refractivity contribution >= 4 is 0 Å². The maximum atomic E-state index is 12.8. The van der Waals surface area contributed by atoms with E-state index < -0.39 is 35.1 Å². The molecule has 0 saturated carbocycles. The van der Waals surface area contributed by atoms with Crippen LogP contribution in [0, 0.1) is 5.82 Å². The lowest BCUT2D eigenvalue weighted by molar-refractivity contribution is -0.143. The van der Waals surface area contributed by atoms with Crippen molar-refractivity contribution in [3.63, 3.8) is 0 Å². The van der Waals surface area contributed by atoms with Crippen molar-refractivity contribution < 1.29 is 40.6 Å². The van der Waals surface area contributed by atoms with E-state index in [0.29, 0.717) is 38.4 Å². The van der Waals surface area contributed by atoms with Gasteiger partial charge in [0, 0.05) is 19.6 Å². The van der Waals surface area contributed by atoms with Gasteiger partial charge >= 0.3 is 12.4 Å². The van der Waals surface area contributed by atoms with Crippen LogP contribution >= 0.6 is 0 Å². The van der Waals surface area contributed by atoms with Crippen molar-refractivity contribution in [3.05, 3.63) is 71.0 Å². The van der Waals surface area contributed by atoms with Crippen LogP contribution in [0.2, 0.25) is 0 Å². The lowest BCUT2D eigenvalue weighted by Crippen LogP contribution is -2.38. The van der Waals surface area contributed by atoms with Gasteiger partial charge in [-0.15, -0.1) is 0 Å². The Morgan fingerprint density at radius 1 is 0.875 bits per heavy atom. The lowest BCUT2D eigenvalue weighted by Gasteiger charge is -2.29. The van der Waals surface area contributed by atoms with Gasteiger partial charge in [-0.1, -0.05) is 32.0 Å². The second-order valence-electron chi connectivity index (χ2n) is 6.56. The number of hydrogen-bond donors (Lipinski definition) is 1. The fourth-order valence-electron chi connectivity index (χ4n) is 2.72. The van der Waals surface area contributed by atoms with Crippen molar-refractivity contribution in [3.8, 4) is 0 Å². The van der Waals surface area contributed by atoms with Crippen LogP contribution in [0.3, 0.4) is 0 Å². The quantitative estimate of drug-likeness (QED) is 0.565. The molecule has 32 heavy (non-hydrogen) atoms. The highest BCUT2D eigenvalue weighted by atomic mass is 19.4. The first kappa shape index (κ1) is 27.9. The van der Waals surface area contributed by atoms with Crippen LogP contribution in [0.4, 0.5) is 30.7 Å². The molecule has 1 unspecified atom stereocenters. The van der Waals surface area contributed by atoms with Crippen LogP contribution < -0.4 is 0 Å². The van der Waals surface area contributed by atoms with Crippen molar-refractivity contribution in [2.24, 2.45) is 0 Å². The Balaban J connectivity index is 0.000000477. The number of halogens is 7. The van der Waals surface area contributed by atoms with Gasteiger partial charge in [0.05, 0.1) is 30.4 Å². The minimum Gasteiger partial charge on any atom is -0.387 e. The fraction of sp³-hybridized carbons (Fsp3) is 0.455. The molecule has 0 bridgehead atoms. The first-order valence-corrected chi connectivity index (χ1v) is 9.95. The Labute approximate surface area is 182 Å². The van der Waals surface area contributed by atoms with E-state index in [9.17, 15) is 35.8 Å². The predicted octanol–water partition coefficient (Wildman–Crippen LogP) is 5.94. The van der Waals surface area contributed by atoms with E-state index in [1.807, 2.05) is 13.8 Å². The van der Waals surface area contributed by atoms with Gasteiger partial charge in [0.25, 0.3) is 0 Å². The molecule has 10 heteroatoms. The summed E-state index contributed by atoms with van der Waals surface area (Å²) in [6.45, 7) is 5.68. The maximum Gasteiger partial charge on any atom is 0.416 e. The number of hydrogen-bond acceptors (Lipinski definition) is 3. The monoisotopic (exact) mass is 469 g/mol. The molecule has 0 radical (unpaired) electrons. The van der Waals surface area contributed by atoms with Crippen molar-refractivity contribution in [1.82, 2.24) is 4.90 Å². The number of rotatable bonds is 3. The van der Waals surface area contributed by atoms with E-state index in [0.717, 1.165) is 0 Å². The Morgan fingerprint density at radius 2 is 1.34 bits per heavy atom. The summed E-state index contributed by atoms with van der Waals surface area (Å²) in [5.74, 6) is -0.178.